The topological polar surface area (TPSA) is 29.1 Å². The summed E-state index contributed by atoms with van der Waals surface area (Å²) in [5, 5.41) is 3.57. The summed E-state index contributed by atoms with van der Waals surface area (Å²) in [6.07, 6.45) is 2.98. The smallest absolute Gasteiger partial charge is 0.162 e. The van der Waals surface area contributed by atoms with Crippen molar-refractivity contribution in [3.8, 4) is 0 Å². The number of benzene rings is 1. The number of carbonyl (C=O) groups is 1. The Morgan fingerprint density at radius 3 is 2.74 bits per heavy atom. The molecule has 0 spiro atoms. The normalized spacial score (nSPS) is 27.2. The van der Waals surface area contributed by atoms with Gasteiger partial charge in [-0.2, -0.15) is 0 Å². The van der Waals surface area contributed by atoms with E-state index in [1.165, 1.54) is 18.4 Å². The summed E-state index contributed by atoms with van der Waals surface area (Å²) in [4.78, 5) is 12.2. The van der Waals surface area contributed by atoms with E-state index in [0.717, 1.165) is 12.1 Å². The fraction of sp³-hybridized carbons (Fsp3) is 0.588. The molecule has 2 heteroatoms. The van der Waals surface area contributed by atoms with Gasteiger partial charge in [-0.1, -0.05) is 44.5 Å². The zero-order valence-electron chi connectivity index (χ0n) is 12.3. The SMILES string of the molecule is CCC(=O)c1ccccc1C1C(CC)CCNC1C. The van der Waals surface area contributed by atoms with Crippen LogP contribution in [-0.4, -0.2) is 18.4 Å². The van der Waals surface area contributed by atoms with Crippen molar-refractivity contribution >= 4 is 5.78 Å². The summed E-state index contributed by atoms with van der Waals surface area (Å²) in [6.45, 7) is 7.55. The third-order valence-corrected chi connectivity index (χ3v) is 4.49. The Labute approximate surface area is 116 Å². The predicted octanol–water partition coefficient (Wildman–Crippen LogP) is 3.77. The Kier molecular flexibility index (Phi) is 4.76. The molecule has 104 valence electrons. The van der Waals surface area contributed by atoms with Crippen LogP contribution in [0.1, 0.15) is 61.9 Å². The molecule has 0 aromatic heterocycles. The van der Waals surface area contributed by atoms with Gasteiger partial charge in [-0.25, -0.2) is 0 Å². The van der Waals surface area contributed by atoms with Gasteiger partial charge in [0.2, 0.25) is 0 Å². The van der Waals surface area contributed by atoms with Crippen LogP contribution in [0, 0.1) is 5.92 Å². The van der Waals surface area contributed by atoms with E-state index in [2.05, 4.69) is 31.3 Å². The summed E-state index contributed by atoms with van der Waals surface area (Å²) in [5.41, 5.74) is 2.19. The van der Waals surface area contributed by atoms with Gasteiger partial charge in [0, 0.05) is 23.9 Å². The van der Waals surface area contributed by atoms with Crippen molar-refractivity contribution in [3.63, 3.8) is 0 Å². The number of rotatable bonds is 4. The molecule has 2 rings (SSSR count). The van der Waals surface area contributed by atoms with Crippen molar-refractivity contribution in [1.29, 1.82) is 0 Å². The largest absolute Gasteiger partial charge is 0.314 e. The maximum Gasteiger partial charge on any atom is 0.162 e. The molecule has 1 aliphatic heterocycles. The average molecular weight is 259 g/mol. The van der Waals surface area contributed by atoms with Crippen LogP contribution >= 0.6 is 0 Å². The highest BCUT2D eigenvalue weighted by atomic mass is 16.1. The molecule has 1 saturated heterocycles. The van der Waals surface area contributed by atoms with Gasteiger partial charge < -0.3 is 5.32 Å². The molecule has 2 nitrogen and oxygen atoms in total. The number of nitrogens with one attached hydrogen (secondary N) is 1. The van der Waals surface area contributed by atoms with Gasteiger partial charge in [0.25, 0.3) is 0 Å². The van der Waals surface area contributed by atoms with E-state index in [9.17, 15) is 4.79 Å². The molecule has 19 heavy (non-hydrogen) atoms. The van der Waals surface area contributed by atoms with Crippen molar-refractivity contribution in [3.05, 3.63) is 35.4 Å². The van der Waals surface area contributed by atoms with E-state index < -0.39 is 0 Å². The van der Waals surface area contributed by atoms with E-state index in [4.69, 9.17) is 0 Å². The Morgan fingerprint density at radius 1 is 1.32 bits per heavy atom. The maximum absolute atomic E-state index is 12.2. The Balaban J connectivity index is 2.41. The number of piperidine rings is 1. The van der Waals surface area contributed by atoms with E-state index >= 15 is 0 Å². The van der Waals surface area contributed by atoms with Crippen molar-refractivity contribution in [2.75, 3.05) is 6.54 Å². The minimum absolute atomic E-state index is 0.267. The molecule has 0 bridgehead atoms. The fourth-order valence-corrected chi connectivity index (χ4v) is 3.42. The molecular formula is C17H25NO. The number of Topliss-reactive ketones (excluding diaryl/α,β-unsaturated/α-hetero) is 1. The van der Waals surface area contributed by atoms with Gasteiger partial charge >= 0.3 is 0 Å². The molecule has 1 aromatic carbocycles. The first-order valence-electron chi connectivity index (χ1n) is 7.54. The maximum atomic E-state index is 12.2. The highest BCUT2D eigenvalue weighted by Crippen LogP contribution is 2.37. The molecule has 3 atom stereocenters. The molecule has 3 unspecified atom stereocenters. The van der Waals surface area contributed by atoms with Gasteiger partial charge in [-0.15, -0.1) is 0 Å². The first-order valence-corrected chi connectivity index (χ1v) is 7.54. The first kappa shape index (κ1) is 14.3. The Hall–Kier alpha value is -1.15. The third kappa shape index (κ3) is 2.89. The van der Waals surface area contributed by atoms with Gasteiger partial charge in [-0.3, -0.25) is 4.79 Å². The lowest BCUT2D eigenvalue weighted by Gasteiger charge is -2.38. The number of carbonyl (C=O) groups excluding carboxylic acids is 1. The molecular weight excluding hydrogens is 234 g/mol. The predicted molar refractivity (Wildman–Crippen MR) is 79.7 cm³/mol. The van der Waals surface area contributed by atoms with Gasteiger partial charge in [-0.05, 0) is 31.4 Å². The lowest BCUT2D eigenvalue weighted by atomic mass is 9.74. The van der Waals surface area contributed by atoms with Crippen LogP contribution in [0.2, 0.25) is 0 Å². The second kappa shape index (κ2) is 6.33. The third-order valence-electron chi connectivity index (χ3n) is 4.49. The van der Waals surface area contributed by atoms with Crippen molar-refractivity contribution in [2.24, 2.45) is 5.92 Å². The van der Waals surface area contributed by atoms with Crippen LogP contribution in [0.5, 0.6) is 0 Å². The lowest BCUT2D eigenvalue weighted by Crippen LogP contribution is -2.43. The van der Waals surface area contributed by atoms with Crippen molar-refractivity contribution < 1.29 is 4.79 Å². The first-order chi connectivity index (χ1) is 9.19. The van der Waals surface area contributed by atoms with E-state index in [-0.39, 0.29) is 5.78 Å². The molecule has 0 aliphatic carbocycles. The minimum Gasteiger partial charge on any atom is -0.314 e. The van der Waals surface area contributed by atoms with Crippen LogP contribution in [0.4, 0.5) is 0 Å². The minimum atomic E-state index is 0.267. The number of ketones is 1. The van der Waals surface area contributed by atoms with Gasteiger partial charge in [0.1, 0.15) is 0 Å². The Bertz CT molecular complexity index is 441. The number of hydrogen-bond acceptors (Lipinski definition) is 2. The summed E-state index contributed by atoms with van der Waals surface area (Å²) in [7, 11) is 0. The van der Waals surface area contributed by atoms with Crippen LogP contribution in [0.25, 0.3) is 0 Å². The summed E-state index contributed by atoms with van der Waals surface area (Å²) >= 11 is 0. The molecule has 0 radical (unpaired) electrons. The summed E-state index contributed by atoms with van der Waals surface area (Å²) < 4.78 is 0. The molecule has 0 amide bonds. The van der Waals surface area contributed by atoms with E-state index in [0.29, 0.717) is 24.3 Å². The van der Waals surface area contributed by atoms with Crippen LogP contribution in [-0.2, 0) is 0 Å². The molecule has 0 saturated carbocycles. The lowest BCUT2D eigenvalue weighted by molar-refractivity contribution is 0.0985. The molecule has 1 aromatic rings. The van der Waals surface area contributed by atoms with Crippen LogP contribution in [0.3, 0.4) is 0 Å². The van der Waals surface area contributed by atoms with E-state index in [1.807, 2.05) is 19.1 Å². The van der Waals surface area contributed by atoms with Gasteiger partial charge in [0.15, 0.2) is 5.78 Å². The molecule has 1 N–H and O–H groups in total. The average Bonchev–Trinajstić information content (AvgIpc) is 2.46. The monoisotopic (exact) mass is 259 g/mol. The second-order valence-corrected chi connectivity index (χ2v) is 5.59. The fourth-order valence-electron chi connectivity index (χ4n) is 3.42. The molecule has 1 fully saturated rings. The van der Waals surface area contributed by atoms with Crippen LogP contribution in [0.15, 0.2) is 24.3 Å². The Morgan fingerprint density at radius 2 is 2.05 bits per heavy atom. The molecule has 1 aliphatic rings. The van der Waals surface area contributed by atoms with Crippen molar-refractivity contribution in [1.82, 2.24) is 5.32 Å². The van der Waals surface area contributed by atoms with Gasteiger partial charge in [0.05, 0.1) is 0 Å². The zero-order chi connectivity index (χ0) is 13.8. The summed E-state index contributed by atoms with van der Waals surface area (Å²) in [5.74, 6) is 1.41. The summed E-state index contributed by atoms with van der Waals surface area (Å²) in [6, 6.07) is 8.64. The highest BCUT2D eigenvalue weighted by Gasteiger charge is 2.32. The van der Waals surface area contributed by atoms with Crippen molar-refractivity contribution in [2.45, 2.75) is 52.0 Å². The quantitative estimate of drug-likeness (QED) is 0.834. The zero-order valence-corrected chi connectivity index (χ0v) is 12.3. The molecule has 1 heterocycles. The second-order valence-electron chi connectivity index (χ2n) is 5.59. The van der Waals surface area contributed by atoms with Crippen LogP contribution < -0.4 is 5.32 Å². The highest BCUT2D eigenvalue weighted by molar-refractivity contribution is 5.97. The standard InChI is InChI=1S/C17H25NO/c1-4-13-10-11-18-12(3)17(13)15-9-7-6-8-14(15)16(19)5-2/h6-9,12-13,17-18H,4-5,10-11H2,1-3H3. The number of hydrogen-bond donors (Lipinski definition) is 1. The van der Waals surface area contributed by atoms with E-state index in [1.54, 1.807) is 0 Å².